The first-order valence-corrected chi connectivity index (χ1v) is 19.8. The molecule has 0 aliphatic heterocycles. The van der Waals surface area contributed by atoms with Gasteiger partial charge in [-0.2, -0.15) is 0 Å². The van der Waals surface area contributed by atoms with Crippen LogP contribution in [0.1, 0.15) is 91.4 Å². The normalized spacial score (nSPS) is 11.9. The predicted octanol–water partition coefficient (Wildman–Crippen LogP) is 9.84. The van der Waals surface area contributed by atoms with Crippen molar-refractivity contribution in [1.82, 2.24) is 5.32 Å². The SMILES string of the molecule is CCCC[P+](CCCC)(CCCC)CCCNC(=O)CCC(CCC(=O)O)(Sc1ccccc1)Sc1ccccc1. The number of carboxylic acid groups (broad SMARTS) is 1. The van der Waals surface area contributed by atoms with Crippen LogP contribution in [-0.4, -0.2) is 52.3 Å². The van der Waals surface area contributed by atoms with E-state index < -0.39 is 17.3 Å². The van der Waals surface area contributed by atoms with Gasteiger partial charge < -0.3 is 10.4 Å². The fraction of sp³-hybridized carbons (Fsp3) is 0.588. The summed E-state index contributed by atoms with van der Waals surface area (Å²) in [6.07, 6.45) is 16.0. The summed E-state index contributed by atoms with van der Waals surface area (Å²) in [5.74, 6) is -0.728. The van der Waals surface area contributed by atoms with Crippen LogP contribution in [0.2, 0.25) is 0 Å². The van der Waals surface area contributed by atoms with Gasteiger partial charge in [-0.3, -0.25) is 9.59 Å². The minimum Gasteiger partial charge on any atom is -0.481 e. The largest absolute Gasteiger partial charge is 0.481 e. The molecule has 0 aromatic heterocycles. The van der Waals surface area contributed by atoms with Crippen LogP contribution in [0, 0.1) is 0 Å². The van der Waals surface area contributed by atoms with Gasteiger partial charge in [0.05, 0.1) is 28.7 Å². The number of rotatable bonds is 23. The fourth-order valence-electron chi connectivity index (χ4n) is 5.24. The van der Waals surface area contributed by atoms with Crippen LogP contribution in [0.4, 0.5) is 0 Å². The second kappa shape index (κ2) is 20.4. The Labute approximate surface area is 259 Å². The molecule has 0 unspecified atom stereocenters. The van der Waals surface area contributed by atoms with Gasteiger partial charge in [-0.05, 0) is 62.8 Å². The second-order valence-corrected chi connectivity index (χ2v) is 18.8. The number of carboxylic acids is 1. The first-order valence-electron chi connectivity index (χ1n) is 15.7. The first kappa shape index (κ1) is 35.7. The van der Waals surface area contributed by atoms with Crippen LogP contribution in [0.15, 0.2) is 70.5 Å². The highest BCUT2D eigenvalue weighted by atomic mass is 32.2. The Morgan fingerprint density at radius 3 is 1.59 bits per heavy atom. The Bertz CT molecular complexity index is 927. The molecule has 41 heavy (non-hydrogen) atoms. The third kappa shape index (κ3) is 14.5. The first-order chi connectivity index (χ1) is 19.9. The summed E-state index contributed by atoms with van der Waals surface area (Å²) in [5, 5.41) is 12.8. The molecular formula is C34H53NO3PS2+. The van der Waals surface area contributed by atoms with Crippen molar-refractivity contribution in [3.8, 4) is 0 Å². The molecule has 2 N–H and O–H groups in total. The van der Waals surface area contributed by atoms with E-state index in [1.807, 2.05) is 36.4 Å². The Kier molecular flexibility index (Phi) is 17.8. The van der Waals surface area contributed by atoms with Crippen molar-refractivity contribution in [3.05, 3.63) is 60.7 Å². The van der Waals surface area contributed by atoms with Crippen LogP contribution < -0.4 is 5.32 Å². The average molecular weight is 619 g/mol. The van der Waals surface area contributed by atoms with Gasteiger partial charge in [0.1, 0.15) is 0 Å². The summed E-state index contributed by atoms with van der Waals surface area (Å²) in [6.45, 7) is 7.65. The molecular weight excluding hydrogens is 565 g/mol. The van der Waals surface area contributed by atoms with E-state index in [9.17, 15) is 14.7 Å². The van der Waals surface area contributed by atoms with E-state index in [2.05, 4.69) is 50.4 Å². The maximum absolute atomic E-state index is 13.1. The van der Waals surface area contributed by atoms with Crippen molar-refractivity contribution in [2.24, 2.45) is 0 Å². The smallest absolute Gasteiger partial charge is 0.303 e. The monoisotopic (exact) mass is 618 g/mol. The van der Waals surface area contributed by atoms with Gasteiger partial charge in [0.15, 0.2) is 0 Å². The molecule has 0 saturated carbocycles. The van der Waals surface area contributed by atoms with Crippen LogP contribution in [0.25, 0.3) is 0 Å². The molecule has 1 amide bonds. The zero-order valence-electron chi connectivity index (χ0n) is 25.6. The molecule has 0 heterocycles. The van der Waals surface area contributed by atoms with E-state index in [4.69, 9.17) is 0 Å². The molecule has 7 heteroatoms. The number of aliphatic carboxylic acids is 1. The summed E-state index contributed by atoms with van der Waals surface area (Å²) in [7, 11) is -0.958. The number of amides is 1. The fourth-order valence-corrected chi connectivity index (χ4v) is 13.4. The molecule has 0 aliphatic carbocycles. The maximum Gasteiger partial charge on any atom is 0.303 e. The average Bonchev–Trinajstić information content (AvgIpc) is 2.98. The van der Waals surface area contributed by atoms with E-state index in [0.29, 0.717) is 19.3 Å². The highest BCUT2D eigenvalue weighted by Crippen LogP contribution is 2.61. The minimum absolute atomic E-state index is 0.0698. The standard InChI is InChI=1S/C34H52NO3PS2/c1-4-7-26-39(27-8-5-2,28-9-6-3)29-16-25-35-32(36)21-23-34(24-22-33(37)38,40-30-17-12-10-13-18-30)41-31-19-14-11-15-20-31/h10-15,17-20H,4-9,16,21-29H2,1-3H3,(H-,35,36,37,38)/p+1. The minimum atomic E-state index is -0.958. The van der Waals surface area contributed by atoms with Gasteiger partial charge in [-0.1, -0.05) is 76.4 Å². The Balaban J connectivity index is 2.06. The number of thioether (sulfide) groups is 2. The lowest BCUT2D eigenvalue weighted by molar-refractivity contribution is -0.137. The molecule has 0 spiro atoms. The number of hydrogen-bond acceptors (Lipinski definition) is 4. The van der Waals surface area contributed by atoms with Crippen molar-refractivity contribution in [3.63, 3.8) is 0 Å². The van der Waals surface area contributed by atoms with Gasteiger partial charge in [-0.25, -0.2) is 0 Å². The van der Waals surface area contributed by atoms with Crippen LogP contribution in [-0.2, 0) is 9.59 Å². The summed E-state index contributed by atoms with van der Waals surface area (Å²) < 4.78 is -0.459. The van der Waals surface area contributed by atoms with Crippen LogP contribution in [0.5, 0.6) is 0 Å². The third-order valence-corrected chi connectivity index (χ3v) is 15.8. The zero-order chi connectivity index (χ0) is 29.8. The molecule has 0 bridgehead atoms. The van der Waals surface area contributed by atoms with E-state index in [1.54, 1.807) is 23.5 Å². The number of benzene rings is 2. The zero-order valence-corrected chi connectivity index (χ0v) is 28.1. The molecule has 2 aromatic rings. The Hall–Kier alpha value is -1.49. The molecule has 0 aliphatic rings. The van der Waals surface area contributed by atoms with Gasteiger partial charge in [0.25, 0.3) is 0 Å². The third-order valence-electron chi connectivity index (χ3n) is 7.64. The lowest BCUT2D eigenvalue weighted by atomic mass is 10.1. The maximum atomic E-state index is 13.1. The summed E-state index contributed by atoms with van der Waals surface area (Å²) in [4.78, 5) is 27.0. The van der Waals surface area contributed by atoms with Crippen LogP contribution in [0.3, 0.4) is 0 Å². The number of carbonyl (C=O) groups is 2. The molecule has 2 aromatic carbocycles. The number of hydrogen-bond donors (Lipinski definition) is 2. The van der Waals surface area contributed by atoms with Gasteiger partial charge in [0.2, 0.25) is 5.91 Å². The Morgan fingerprint density at radius 2 is 1.15 bits per heavy atom. The van der Waals surface area contributed by atoms with Crippen molar-refractivity contribution in [1.29, 1.82) is 0 Å². The Morgan fingerprint density at radius 1 is 0.707 bits per heavy atom. The number of carbonyl (C=O) groups excluding carboxylic acids is 1. The van der Waals surface area contributed by atoms with Gasteiger partial charge in [0, 0.05) is 36.4 Å². The summed E-state index contributed by atoms with van der Waals surface area (Å²) in [6, 6.07) is 20.3. The van der Waals surface area contributed by atoms with Crippen molar-refractivity contribution < 1.29 is 14.7 Å². The summed E-state index contributed by atoms with van der Waals surface area (Å²) >= 11 is 3.39. The lowest BCUT2D eigenvalue weighted by Crippen LogP contribution is -2.29. The molecule has 0 fully saturated rings. The van der Waals surface area contributed by atoms with Crippen LogP contribution >= 0.6 is 30.8 Å². The van der Waals surface area contributed by atoms with Crippen molar-refractivity contribution in [2.75, 3.05) is 31.2 Å². The van der Waals surface area contributed by atoms with Crippen molar-refractivity contribution in [2.45, 2.75) is 105 Å². The van der Waals surface area contributed by atoms with Crippen molar-refractivity contribution >= 4 is 42.7 Å². The van der Waals surface area contributed by atoms with E-state index in [1.165, 1.54) is 63.2 Å². The highest BCUT2D eigenvalue weighted by Gasteiger charge is 2.36. The number of unbranched alkanes of at least 4 members (excludes halogenated alkanes) is 3. The van der Waals surface area contributed by atoms with E-state index in [0.717, 1.165) is 22.8 Å². The second-order valence-electron chi connectivity index (χ2n) is 11.1. The predicted molar refractivity (Wildman–Crippen MR) is 182 cm³/mol. The molecule has 2 rings (SSSR count). The molecule has 4 nitrogen and oxygen atoms in total. The van der Waals surface area contributed by atoms with E-state index in [-0.39, 0.29) is 12.3 Å². The van der Waals surface area contributed by atoms with Gasteiger partial charge >= 0.3 is 5.97 Å². The lowest BCUT2D eigenvalue weighted by Gasteiger charge is -2.32. The van der Waals surface area contributed by atoms with Gasteiger partial charge in [-0.15, -0.1) is 23.5 Å². The molecule has 0 radical (unpaired) electrons. The molecule has 228 valence electrons. The topological polar surface area (TPSA) is 66.4 Å². The molecule has 0 saturated heterocycles. The highest BCUT2D eigenvalue weighted by molar-refractivity contribution is 8.18. The van der Waals surface area contributed by atoms with E-state index >= 15 is 0 Å². The quantitative estimate of drug-likeness (QED) is 0.0562. The summed E-state index contributed by atoms with van der Waals surface area (Å²) in [5.41, 5.74) is 0. The number of nitrogens with one attached hydrogen (secondary N) is 1. The molecule has 0 atom stereocenters.